The zero-order chi connectivity index (χ0) is 13.0. The Balaban J connectivity index is 1.89. The second-order valence-electron chi connectivity index (χ2n) is 3.50. The van der Waals surface area contributed by atoms with E-state index in [0.717, 1.165) is 0 Å². The first-order valence-corrected chi connectivity index (χ1v) is 5.33. The van der Waals surface area contributed by atoms with Crippen LogP contribution in [0.1, 0.15) is 17.3 Å². The molecule has 0 amide bonds. The second kappa shape index (κ2) is 5.31. The number of fused-ring (bicyclic) bond motifs is 1. The molecule has 1 aliphatic heterocycles. The summed E-state index contributed by atoms with van der Waals surface area (Å²) in [5.74, 6) is -0.367. The van der Waals surface area contributed by atoms with Gasteiger partial charge in [0.15, 0.2) is 6.61 Å². The molecular weight excluding hydrogens is 238 g/mol. The molecule has 0 saturated heterocycles. The van der Waals surface area contributed by atoms with E-state index >= 15 is 0 Å². The first-order chi connectivity index (χ1) is 8.68. The van der Waals surface area contributed by atoms with Crippen LogP contribution < -0.4 is 4.74 Å². The number of ketones is 1. The number of benzene rings is 1. The summed E-state index contributed by atoms with van der Waals surface area (Å²) in [7, 11) is 0. The number of hydrogen-bond acceptors (Lipinski definition) is 6. The van der Waals surface area contributed by atoms with Gasteiger partial charge in [-0.05, 0) is 17.3 Å². The molecule has 0 fully saturated rings. The molecule has 0 aromatic heterocycles. The van der Waals surface area contributed by atoms with Crippen molar-refractivity contribution < 1.29 is 23.9 Å². The zero-order valence-corrected chi connectivity index (χ0v) is 9.71. The van der Waals surface area contributed by atoms with Crippen LogP contribution in [0.2, 0.25) is 0 Å². The van der Waals surface area contributed by atoms with Crippen LogP contribution in [0.25, 0.3) is 0 Å². The summed E-state index contributed by atoms with van der Waals surface area (Å²) in [6.07, 6.45) is 0. The Morgan fingerprint density at radius 3 is 2.83 bits per heavy atom. The third kappa shape index (κ3) is 2.65. The predicted molar refractivity (Wildman–Crippen MR) is 61.4 cm³/mol. The van der Waals surface area contributed by atoms with Crippen LogP contribution >= 0.6 is 0 Å². The van der Waals surface area contributed by atoms with E-state index in [9.17, 15) is 9.59 Å². The molecule has 6 heteroatoms. The Bertz CT molecular complexity index is 509. The summed E-state index contributed by atoms with van der Waals surface area (Å²) in [5, 5.41) is 3.57. The lowest BCUT2D eigenvalue weighted by atomic mass is 10.1. The van der Waals surface area contributed by atoms with E-state index in [1.807, 2.05) is 0 Å². The van der Waals surface area contributed by atoms with Gasteiger partial charge in [-0.1, -0.05) is 12.1 Å². The summed E-state index contributed by atoms with van der Waals surface area (Å²) >= 11 is 0. The van der Waals surface area contributed by atoms with Gasteiger partial charge in [-0.2, -0.15) is 0 Å². The van der Waals surface area contributed by atoms with Crippen molar-refractivity contribution in [2.45, 2.75) is 6.92 Å². The number of ether oxygens (including phenoxy) is 2. The van der Waals surface area contributed by atoms with Crippen molar-refractivity contribution in [2.75, 3.05) is 13.2 Å². The lowest BCUT2D eigenvalue weighted by Gasteiger charge is -2.00. The van der Waals surface area contributed by atoms with Gasteiger partial charge in [0.1, 0.15) is 12.4 Å². The Kier molecular flexibility index (Phi) is 3.57. The van der Waals surface area contributed by atoms with Gasteiger partial charge in [-0.15, -0.1) is 0 Å². The number of nitrogens with zero attached hydrogens (tertiary/aromatic N) is 1. The van der Waals surface area contributed by atoms with Gasteiger partial charge in [-0.3, -0.25) is 9.59 Å². The van der Waals surface area contributed by atoms with E-state index in [1.165, 1.54) is 6.92 Å². The number of rotatable bonds is 4. The normalized spacial score (nSPS) is 15.2. The highest BCUT2D eigenvalue weighted by Gasteiger charge is 2.29. The predicted octanol–water partition coefficient (Wildman–Crippen LogP) is 1.15. The SMILES string of the molecule is CC(=O)OCCO/N=C1\Oc2ccccc2C1=O. The van der Waals surface area contributed by atoms with Crippen LogP contribution in [-0.2, 0) is 14.4 Å². The summed E-state index contributed by atoms with van der Waals surface area (Å²) in [6.45, 7) is 1.44. The molecule has 0 atom stereocenters. The monoisotopic (exact) mass is 249 g/mol. The zero-order valence-electron chi connectivity index (χ0n) is 9.71. The van der Waals surface area contributed by atoms with E-state index in [4.69, 9.17) is 9.57 Å². The third-order valence-corrected chi connectivity index (χ3v) is 2.16. The van der Waals surface area contributed by atoms with Crippen LogP contribution in [0.15, 0.2) is 29.4 Å². The summed E-state index contributed by atoms with van der Waals surface area (Å²) in [6, 6.07) is 6.83. The smallest absolute Gasteiger partial charge is 0.304 e. The molecule has 0 saturated carbocycles. The van der Waals surface area contributed by atoms with Crippen molar-refractivity contribution in [3.05, 3.63) is 29.8 Å². The largest absolute Gasteiger partial charge is 0.462 e. The molecule has 1 heterocycles. The van der Waals surface area contributed by atoms with E-state index in [1.54, 1.807) is 24.3 Å². The highest BCUT2D eigenvalue weighted by molar-refractivity contribution is 6.46. The molecular formula is C12H11NO5. The molecule has 2 rings (SSSR count). The Morgan fingerprint density at radius 1 is 1.33 bits per heavy atom. The first-order valence-electron chi connectivity index (χ1n) is 5.33. The maximum atomic E-state index is 11.7. The van der Waals surface area contributed by atoms with E-state index in [2.05, 4.69) is 9.89 Å². The number of carbonyl (C=O) groups excluding carboxylic acids is 2. The summed E-state index contributed by atoms with van der Waals surface area (Å²) in [5.41, 5.74) is 0.458. The Labute approximate surface area is 103 Å². The second-order valence-corrected chi connectivity index (χ2v) is 3.50. The Morgan fingerprint density at radius 2 is 2.11 bits per heavy atom. The quantitative estimate of drug-likeness (QED) is 0.454. The number of carbonyl (C=O) groups is 2. The van der Waals surface area contributed by atoms with Crippen LogP contribution in [0.4, 0.5) is 0 Å². The summed E-state index contributed by atoms with van der Waals surface area (Å²) in [4.78, 5) is 27.1. The third-order valence-electron chi connectivity index (χ3n) is 2.16. The molecule has 0 radical (unpaired) electrons. The number of esters is 1. The van der Waals surface area contributed by atoms with Crippen molar-refractivity contribution in [2.24, 2.45) is 5.16 Å². The fourth-order valence-corrected chi connectivity index (χ4v) is 1.40. The number of oxime groups is 1. The average Bonchev–Trinajstić information content (AvgIpc) is 2.66. The van der Waals surface area contributed by atoms with Gasteiger partial charge in [0.05, 0.1) is 5.56 Å². The van der Waals surface area contributed by atoms with Gasteiger partial charge in [0.25, 0.3) is 5.78 Å². The molecule has 6 nitrogen and oxygen atoms in total. The lowest BCUT2D eigenvalue weighted by molar-refractivity contribution is -0.142. The van der Waals surface area contributed by atoms with E-state index in [0.29, 0.717) is 11.3 Å². The molecule has 0 N–H and O–H groups in total. The van der Waals surface area contributed by atoms with Crippen molar-refractivity contribution in [3.63, 3.8) is 0 Å². The molecule has 1 aromatic rings. The van der Waals surface area contributed by atoms with E-state index < -0.39 is 5.97 Å². The van der Waals surface area contributed by atoms with Crippen LogP contribution in [0, 0.1) is 0 Å². The molecule has 1 aromatic carbocycles. The number of para-hydroxylation sites is 1. The minimum Gasteiger partial charge on any atom is -0.462 e. The number of Topliss-reactive ketones (excluding diaryl/α,β-unsaturated/α-hetero) is 1. The van der Waals surface area contributed by atoms with E-state index in [-0.39, 0.29) is 24.9 Å². The maximum Gasteiger partial charge on any atom is 0.304 e. The van der Waals surface area contributed by atoms with Crippen LogP contribution in [0.5, 0.6) is 5.75 Å². The maximum absolute atomic E-state index is 11.7. The van der Waals surface area contributed by atoms with Crippen molar-refractivity contribution in [3.8, 4) is 5.75 Å². The van der Waals surface area contributed by atoms with Gasteiger partial charge in [0.2, 0.25) is 0 Å². The highest BCUT2D eigenvalue weighted by Crippen LogP contribution is 2.25. The van der Waals surface area contributed by atoms with Gasteiger partial charge in [-0.25, -0.2) is 0 Å². The fourth-order valence-electron chi connectivity index (χ4n) is 1.40. The molecule has 0 aliphatic carbocycles. The minimum atomic E-state index is -0.396. The van der Waals surface area contributed by atoms with Gasteiger partial charge < -0.3 is 14.3 Å². The molecule has 0 unspecified atom stereocenters. The molecule has 18 heavy (non-hydrogen) atoms. The Hall–Kier alpha value is -2.37. The van der Waals surface area contributed by atoms with Gasteiger partial charge in [0, 0.05) is 6.92 Å². The highest BCUT2D eigenvalue weighted by atomic mass is 16.7. The van der Waals surface area contributed by atoms with Crippen molar-refractivity contribution >= 4 is 17.7 Å². The molecule has 94 valence electrons. The summed E-state index contributed by atoms with van der Waals surface area (Å²) < 4.78 is 9.85. The lowest BCUT2D eigenvalue weighted by Crippen LogP contribution is -2.14. The topological polar surface area (TPSA) is 74.2 Å². The van der Waals surface area contributed by atoms with Crippen LogP contribution in [-0.4, -0.2) is 30.9 Å². The minimum absolute atomic E-state index is 0.0655. The standard InChI is InChI=1S/C12H11NO5/c1-8(14)16-6-7-17-13-12-11(15)9-4-2-3-5-10(9)18-12/h2-5H,6-7H2,1H3/b13-12-. The number of hydrogen-bond donors (Lipinski definition) is 0. The fraction of sp³-hybridized carbons (Fsp3) is 0.250. The average molecular weight is 249 g/mol. The van der Waals surface area contributed by atoms with Crippen molar-refractivity contribution in [1.29, 1.82) is 0 Å². The van der Waals surface area contributed by atoms with Crippen molar-refractivity contribution in [1.82, 2.24) is 0 Å². The van der Waals surface area contributed by atoms with Crippen LogP contribution in [0.3, 0.4) is 0 Å². The first kappa shape index (κ1) is 12.1. The molecule has 1 aliphatic rings. The molecule has 0 spiro atoms. The molecule has 0 bridgehead atoms. The van der Waals surface area contributed by atoms with Gasteiger partial charge >= 0.3 is 11.9 Å².